The molecule has 1 aliphatic heterocycles. The van der Waals surface area contributed by atoms with Crippen molar-refractivity contribution < 1.29 is 18.8 Å². The van der Waals surface area contributed by atoms with Crippen molar-refractivity contribution in [2.45, 2.75) is 32.6 Å². The minimum Gasteiger partial charge on any atom is -0.312 e. The van der Waals surface area contributed by atoms with Gasteiger partial charge in [-0.3, -0.25) is 25.2 Å². The fourth-order valence-electron chi connectivity index (χ4n) is 3.17. The van der Waals surface area contributed by atoms with Gasteiger partial charge in [0, 0.05) is 24.2 Å². The summed E-state index contributed by atoms with van der Waals surface area (Å²) in [5.74, 6) is -2.09. The molecule has 1 atom stereocenters. The van der Waals surface area contributed by atoms with Gasteiger partial charge in [0.25, 0.3) is 5.91 Å². The monoisotopic (exact) mass is 397 g/mol. The van der Waals surface area contributed by atoms with E-state index >= 15 is 0 Å². The van der Waals surface area contributed by atoms with Gasteiger partial charge in [-0.05, 0) is 47.4 Å². The molecule has 29 heavy (non-hydrogen) atoms. The van der Waals surface area contributed by atoms with Crippen LogP contribution in [0.2, 0.25) is 0 Å². The molecular weight excluding hydrogens is 373 g/mol. The number of hydrogen-bond acceptors (Lipinski definition) is 3. The van der Waals surface area contributed by atoms with Crippen LogP contribution in [0.5, 0.6) is 0 Å². The Kier molecular flexibility index (Phi) is 5.68. The van der Waals surface area contributed by atoms with Crippen molar-refractivity contribution >= 4 is 23.4 Å². The van der Waals surface area contributed by atoms with Crippen molar-refractivity contribution in [2.75, 3.05) is 11.4 Å². The van der Waals surface area contributed by atoms with E-state index in [1.165, 1.54) is 29.2 Å². The number of benzene rings is 2. The standard InChI is InChI=1S/C22H24FN3O3/c1-22(2,3)16-6-4-14(5-7-16)20(28)24-25-21(29)15-12-19(27)26(13-15)18-10-8-17(23)9-11-18/h4-11,15H,12-13H2,1-3H3,(H,24,28)(H,25,29)/t15-/m0/s1. The summed E-state index contributed by atoms with van der Waals surface area (Å²) in [4.78, 5) is 38.3. The number of carbonyl (C=O) groups excluding carboxylic acids is 3. The third kappa shape index (κ3) is 4.80. The first-order valence-electron chi connectivity index (χ1n) is 9.42. The van der Waals surface area contributed by atoms with Crippen LogP contribution in [0.1, 0.15) is 43.1 Å². The number of carbonyl (C=O) groups is 3. The maximum Gasteiger partial charge on any atom is 0.269 e. The van der Waals surface area contributed by atoms with Gasteiger partial charge in [-0.25, -0.2) is 4.39 Å². The predicted octanol–water partition coefficient (Wildman–Crippen LogP) is 2.94. The normalized spacial score (nSPS) is 16.6. The van der Waals surface area contributed by atoms with Crippen LogP contribution in [-0.2, 0) is 15.0 Å². The number of hydrogen-bond donors (Lipinski definition) is 2. The molecule has 7 heteroatoms. The highest BCUT2D eigenvalue weighted by molar-refractivity contribution is 6.01. The molecule has 0 radical (unpaired) electrons. The van der Waals surface area contributed by atoms with Gasteiger partial charge in [0.1, 0.15) is 5.82 Å². The lowest BCUT2D eigenvalue weighted by Crippen LogP contribution is -2.45. The molecule has 6 nitrogen and oxygen atoms in total. The van der Waals surface area contributed by atoms with Gasteiger partial charge in [0.2, 0.25) is 11.8 Å². The van der Waals surface area contributed by atoms with Crippen molar-refractivity contribution in [3.8, 4) is 0 Å². The van der Waals surface area contributed by atoms with Crippen molar-refractivity contribution in [3.05, 3.63) is 65.5 Å². The van der Waals surface area contributed by atoms with Crippen LogP contribution in [0.3, 0.4) is 0 Å². The van der Waals surface area contributed by atoms with Gasteiger partial charge in [-0.1, -0.05) is 32.9 Å². The summed E-state index contributed by atoms with van der Waals surface area (Å²) < 4.78 is 13.1. The van der Waals surface area contributed by atoms with Crippen LogP contribution < -0.4 is 15.8 Å². The molecule has 3 rings (SSSR count). The average Bonchev–Trinajstić information content (AvgIpc) is 3.07. The van der Waals surface area contributed by atoms with Crippen LogP contribution in [-0.4, -0.2) is 24.3 Å². The second-order valence-electron chi connectivity index (χ2n) is 8.15. The zero-order chi connectivity index (χ0) is 21.2. The van der Waals surface area contributed by atoms with E-state index in [1.54, 1.807) is 12.1 Å². The van der Waals surface area contributed by atoms with Crippen molar-refractivity contribution in [1.29, 1.82) is 0 Å². The Bertz CT molecular complexity index is 918. The van der Waals surface area contributed by atoms with Crippen LogP contribution in [0, 0.1) is 11.7 Å². The van der Waals surface area contributed by atoms with Crippen molar-refractivity contribution in [2.24, 2.45) is 5.92 Å². The van der Waals surface area contributed by atoms with Crippen molar-refractivity contribution in [1.82, 2.24) is 10.9 Å². The van der Waals surface area contributed by atoms with E-state index in [1.807, 2.05) is 12.1 Å². The van der Waals surface area contributed by atoms with E-state index in [2.05, 4.69) is 31.6 Å². The number of amides is 3. The first kappa shape index (κ1) is 20.5. The lowest BCUT2D eigenvalue weighted by atomic mass is 9.87. The van der Waals surface area contributed by atoms with Gasteiger partial charge < -0.3 is 4.90 Å². The molecule has 152 valence electrons. The van der Waals surface area contributed by atoms with Crippen molar-refractivity contribution in [3.63, 3.8) is 0 Å². The molecule has 0 aromatic heterocycles. The minimum atomic E-state index is -0.601. The maximum atomic E-state index is 13.1. The molecule has 0 bridgehead atoms. The molecule has 1 aliphatic rings. The zero-order valence-corrected chi connectivity index (χ0v) is 16.7. The Morgan fingerprint density at radius 1 is 1.00 bits per heavy atom. The zero-order valence-electron chi connectivity index (χ0n) is 16.7. The number of hydrazine groups is 1. The highest BCUT2D eigenvalue weighted by atomic mass is 19.1. The van der Waals surface area contributed by atoms with E-state index in [9.17, 15) is 18.8 Å². The molecule has 2 N–H and O–H groups in total. The Morgan fingerprint density at radius 3 is 2.21 bits per heavy atom. The Labute approximate surface area is 169 Å². The minimum absolute atomic E-state index is 0.0192. The smallest absolute Gasteiger partial charge is 0.269 e. The molecule has 3 amide bonds. The lowest BCUT2D eigenvalue weighted by Gasteiger charge is -2.19. The molecule has 1 heterocycles. The predicted molar refractivity (Wildman–Crippen MR) is 108 cm³/mol. The number of halogens is 1. The van der Waals surface area contributed by atoms with E-state index in [0.29, 0.717) is 11.3 Å². The summed E-state index contributed by atoms with van der Waals surface area (Å²) in [6, 6.07) is 12.7. The number of nitrogens with one attached hydrogen (secondary N) is 2. The van der Waals surface area contributed by atoms with Crippen LogP contribution in [0.15, 0.2) is 48.5 Å². The topological polar surface area (TPSA) is 78.5 Å². The Hall–Kier alpha value is -3.22. The molecule has 0 spiro atoms. The summed E-state index contributed by atoms with van der Waals surface area (Å²) >= 11 is 0. The van der Waals surface area contributed by atoms with E-state index < -0.39 is 23.5 Å². The lowest BCUT2D eigenvalue weighted by molar-refractivity contribution is -0.126. The first-order chi connectivity index (χ1) is 13.6. The second kappa shape index (κ2) is 8.03. The molecule has 0 saturated carbocycles. The van der Waals surface area contributed by atoms with Crippen LogP contribution in [0.4, 0.5) is 10.1 Å². The number of nitrogens with zero attached hydrogens (tertiary/aromatic N) is 1. The van der Waals surface area contributed by atoms with Gasteiger partial charge in [-0.2, -0.15) is 0 Å². The molecule has 2 aromatic rings. The molecular formula is C22H24FN3O3. The molecule has 2 aromatic carbocycles. The third-order valence-electron chi connectivity index (χ3n) is 4.95. The van der Waals surface area contributed by atoms with E-state index in [0.717, 1.165) is 5.56 Å². The Balaban J connectivity index is 1.56. The van der Waals surface area contributed by atoms with Gasteiger partial charge in [0.05, 0.1) is 5.92 Å². The fourth-order valence-corrected chi connectivity index (χ4v) is 3.17. The fraction of sp³-hybridized carbons (Fsp3) is 0.318. The second-order valence-corrected chi connectivity index (χ2v) is 8.15. The van der Waals surface area contributed by atoms with Gasteiger partial charge in [0.15, 0.2) is 0 Å². The third-order valence-corrected chi connectivity index (χ3v) is 4.95. The maximum absolute atomic E-state index is 13.1. The quantitative estimate of drug-likeness (QED) is 0.782. The van der Waals surface area contributed by atoms with Crippen LogP contribution >= 0.6 is 0 Å². The largest absolute Gasteiger partial charge is 0.312 e. The highest BCUT2D eigenvalue weighted by Gasteiger charge is 2.35. The Morgan fingerprint density at radius 2 is 1.62 bits per heavy atom. The molecule has 0 aliphatic carbocycles. The summed E-state index contributed by atoms with van der Waals surface area (Å²) in [7, 11) is 0. The summed E-state index contributed by atoms with van der Waals surface area (Å²) in [5.41, 5.74) is 6.83. The summed E-state index contributed by atoms with van der Waals surface area (Å²) in [6.45, 7) is 6.42. The average molecular weight is 397 g/mol. The highest BCUT2D eigenvalue weighted by Crippen LogP contribution is 2.25. The molecule has 0 unspecified atom stereocenters. The molecule has 1 fully saturated rings. The van der Waals surface area contributed by atoms with E-state index in [4.69, 9.17) is 0 Å². The summed E-state index contributed by atoms with van der Waals surface area (Å²) in [5, 5.41) is 0. The van der Waals surface area contributed by atoms with Crippen LogP contribution in [0.25, 0.3) is 0 Å². The van der Waals surface area contributed by atoms with Gasteiger partial charge >= 0.3 is 0 Å². The van der Waals surface area contributed by atoms with E-state index in [-0.39, 0.29) is 24.3 Å². The first-order valence-corrected chi connectivity index (χ1v) is 9.42. The number of anilines is 1. The molecule has 1 saturated heterocycles. The van der Waals surface area contributed by atoms with Gasteiger partial charge in [-0.15, -0.1) is 0 Å². The number of rotatable bonds is 3. The SMILES string of the molecule is CC(C)(C)c1ccc(C(=O)NNC(=O)[C@H]2CC(=O)N(c3ccc(F)cc3)C2)cc1. The summed E-state index contributed by atoms with van der Waals surface area (Å²) in [6.07, 6.45) is 0.0271.